The minimum absolute atomic E-state index is 0.205. The number of fused-ring (bicyclic) bond motifs is 1. The fourth-order valence-electron chi connectivity index (χ4n) is 2.35. The lowest BCUT2D eigenvalue weighted by Gasteiger charge is -2.12. The highest BCUT2D eigenvalue weighted by molar-refractivity contribution is 7.20. The molecule has 1 atom stereocenters. The number of aromatic nitrogens is 2. The van der Waals surface area contributed by atoms with Crippen LogP contribution in [0.2, 0.25) is 0 Å². The van der Waals surface area contributed by atoms with Crippen molar-refractivity contribution in [1.29, 1.82) is 0 Å². The molecule has 1 amide bonds. The zero-order chi connectivity index (χ0) is 17.3. The molecule has 0 aliphatic rings. The molecule has 2 heterocycles. The maximum atomic E-state index is 12.4. The molecule has 0 saturated carbocycles. The van der Waals surface area contributed by atoms with Gasteiger partial charge in [-0.1, -0.05) is 13.3 Å². The molecule has 8 heteroatoms. The summed E-state index contributed by atoms with van der Waals surface area (Å²) in [6, 6.07) is -0.936. The summed E-state index contributed by atoms with van der Waals surface area (Å²) in [5.74, 6) is -0.986. The third-order valence-electron chi connectivity index (χ3n) is 3.78. The topological polar surface area (TPSA) is 101 Å². The summed E-state index contributed by atoms with van der Waals surface area (Å²) in [4.78, 5) is 41.1. The van der Waals surface area contributed by atoms with Crippen LogP contribution >= 0.6 is 11.3 Å². The first-order chi connectivity index (χ1) is 10.8. The average molecular weight is 337 g/mol. The molecule has 124 valence electrons. The van der Waals surface area contributed by atoms with Crippen molar-refractivity contribution in [3.8, 4) is 0 Å². The van der Waals surface area contributed by atoms with Crippen LogP contribution in [0.3, 0.4) is 0 Å². The number of rotatable bonds is 5. The highest BCUT2D eigenvalue weighted by atomic mass is 32.1. The summed E-state index contributed by atoms with van der Waals surface area (Å²) in [5, 5.41) is 12.1. The number of amides is 1. The molecule has 0 spiro atoms. The number of nitrogens with one attached hydrogen (secondary N) is 1. The van der Waals surface area contributed by atoms with E-state index in [0.29, 0.717) is 39.3 Å². The van der Waals surface area contributed by atoms with E-state index in [9.17, 15) is 14.4 Å². The Kier molecular flexibility index (Phi) is 4.84. The van der Waals surface area contributed by atoms with E-state index in [1.165, 1.54) is 4.57 Å². The number of hydrogen-bond acceptors (Lipinski definition) is 5. The van der Waals surface area contributed by atoms with Crippen molar-refractivity contribution in [3.63, 3.8) is 0 Å². The molecule has 0 bridgehead atoms. The van der Waals surface area contributed by atoms with E-state index >= 15 is 0 Å². The van der Waals surface area contributed by atoms with Crippen molar-refractivity contribution in [2.75, 3.05) is 0 Å². The molecule has 0 saturated heterocycles. The van der Waals surface area contributed by atoms with Gasteiger partial charge in [0.1, 0.15) is 16.7 Å². The lowest BCUT2D eigenvalue weighted by Crippen LogP contribution is -2.40. The van der Waals surface area contributed by atoms with Crippen LogP contribution in [0.15, 0.2) is 4.79 Å². The first kappa shape index (κ1) is 17.1. The normalized spacial score (nSPS) is 12.3. The molecule has 7 nitrogen and oxygen atoms in total. The van der Waals surface area contributed by atoms with Gasteiger partial charge in [0.05, 0.1) is 10.3 Å². The first-order valence-electron chi connectivity index (χ1n) is 7.28. The van der Waals surface area contributed by atoms with E-state index in [4.69, 9.17) is 5.11 Å². The van der Waals surface area contributed by atoms with Crippen LogP contribution in [0.1, 0.15) is 40.8 Å². The molecule has 0 aromatic carbocycles. The number of thiophene rings is 1. The molecule has 0 aliphatic heterocycles. The van der Waals surface area contributed by atoms with Gasteiger partial charge in [-0.2, -0.15) is 0 Å². The number of hydrogen-bond donors (Lipinski definition) is 2. The Labute approximate surface area is 137 Å². The molecule has 1 unspecified atom stereocenters. The van der Waals surface area contributed by atoms with E-state index in [-0.39, 0.29) is 5.56 Å². The number of carboxylic acid groups (broad SMARTS) is 1. The molecular weight excluding hydrogens is 318 g/mol. The minimum Gasteiger partial charge on any atom is -0.480 e. The van der Waals surface area contributed by atoms with Crippen molar-refractivity contribution < 1.29 is 14.7 Å². The largest absolute Gasteiger partial charge is 0.480 e. The van der Waals surface area contributed by atoms with E-state index in [1.54, 1.807) is 20.9 Å². The third kappa shape index (κ3) is 3.12. The Morgan fingerprint density at radius 3 is 2.61 bits per heavy atom. The maximum Gasteiger partial charge on any atom is 0.326 e. The number of nitrogens with zero attached hydrogens (tertiary/aromatic N) is 2. The van der Waals surface area contributed by atoms with Crippen LogP contribution < -0.4 is 10.9 Å². The molecule has 0 aliphatic carbocycles. The van der Waals surface area contributed by atoms with Gasteiger partial charge in [-0.3, -0.25) is 14.2 Å². The number of aliphatic carboxylic acids is 1. The molecule has 2 aromatic heterocycles. The van der Waals surface area contributed by atoms with Gasteiger partial charge in [0.2, 0.25) is 0 Å². The number of aryl methyl sites for hydroxylation is 2. The zero-order valence-electron chi connectivity index (χ0n) is 13.5. The van der Waals surface area contributed by atoms with Crippen molar-refractivity contribution in [3.05, 3.63) is 26.6 Å². The Balaban J connectivity index is 2.46. The van der Waals surface area contributed by atoms with Gasteiger partial charge in [-0.15, -0.1) is 11.3 Å². The van der Waals surface area contributed by atoms with Crippen LogP contribution in [0, 0.1) is 13.8 Å². The fourth-order valence-corrected chi connectivity index (χ4v) is 3.47. The summed E-state index contributed by atoms with van der Waals surface area (Å²) in [5.41, 5.74) is 0.333. The lowest BCUT2D eigenvalue weighted by molar-refractivity contribution is -0.139. The van der Waals surface area contributed by atoms with Crippen molar-refractivity contribution in [2.45, 2.75) is 39.7 Å². The number of carbonyl (C=O) groups excluding carboxylic acids is 1. The Morgan fingerprint density at radius 1 is 1.39 bits per heavy atom. The SMILES string of the molecule is CCCC(NC(=O)c1sc2nc(C)n(C)c(=O)c2c1C)C(=O)O. The van der Waals surface area contributed by atoms with E-state index in [1.807, 2.05) is 6.92 Å². The molecule has 0 fully saturated rings. The Hall–Kier alpha value is -2.22. The molecule has 2 N–H and O–H groups in total. The van der Waals surface area contributed by atoms with Crippen molar-refractivity contribution in [2.24, 2.45) is 7.05 Å². The van der Waals surface area contributed by atoms with Crippen molar-refractivity contribution in [1.82, 2.24) is 14.9 Å². The number of carboxylic acids is 1. The van der Waals surface area contributed by atoms with Crippen LogP contribution in [0.4, 0.5) is 0 Å². The first-order valence-corrected chi connectivity index (χ1v) is 8.10. The van der Waals surface area contributed by atoms with E-state index < -0.39 is 17.9 Å². The quantitative estimate of drug-likeness (QED) is 0.863. The number of carbonyl (C=O) groups is 2. The van der Waals surface area contributed by atoms with Crippen LogP contribution in [-0.2, 0) is 11.8 Å². The Morgan fingerprint density at radius 2 is 2.04 bits per heavy atom. The summed E-state index contributed by atoms with van der Waals surface area (Å²) in [7, 11) is 1.63. The lowest BCUT2D eigenvalue weighted by atomic mass is 10.1. The fraction of sp³-hybridized carbons (Fsp3) is 0.467. The zero-order valence-corrected chi connectivity index (χ0v) is 14.3. The summed E-state index contributed by atoms with van der Waals surface area (Å²) in [6.07, 6.45) is 0.994. The molecule has 23 heavy (non-hydrogen) atoms. The summed E-state index contributed by atoms with van der Waals surface area (Å²) < 4.78 is 1.43. The molecule has 2 aromatic rings. The second-order valence-electron chi connectivity index (χ2n) is 5.41. The molecule has 2 rings (SSSR count). The van der Waals surface area contributed by atoms with Crippen molar-refractivity contribution >= 4 is 33.4 Å². The highest BCUT2D eigenvalue weighted by Gasteiger charge is 2.24. The van der Waals surface area contributed by atoms with Crippen LogP contribution in [0.5, 0.6) is 0 Å². The molecule has 0 radical (unpaired) electrons. The third-order valence-corrected chi connectivity index (χ3v) is 4.97. The van der Waals surface area contributed by atoms with Gasteiger partial charge in [0.15, 0.2) is 0 Å². The van der Waals surface area contributed by atoms with Gasteiger partial charge >= 0.3 is 5.97 Å². The van der Waals surface area contributed by atoms with Gasteiger partial charge in [-0.05, 0) is 25.8 Å². The van der Waals surface area contributed by atoms with E-state index in [2.05, 4.69) is 10.3 Å². The summed E-state index contributed by atoms with van der Waals surface area (Å²) in [6.45, 7) is 5.25. The molecular formula is C15H19N3O4S. The average Bonchev–Trinajstić information content (AvgIpc) is 2.81. The summed E-state index contributed by atoms with van der Waals surface area (Å²) >= 11 is 1.11. The highest BCUT2D eigenvalue weighted by Crippen LogP contribution is 2.27. The van der Waals surface area contributed by atoms with Crippen LogP contribution in [0.25, 0.3) is 10.2 Å². The van der Waals surface area contributed by atoms with Gasteiger partial charge in [0.25, 0.3) is 11.5 Å². The second kappa shape index (κ2) is 6.49. The second-order valence-corrected chi connectivity index (χ2v) is 6.41. The smallest absolute Gasteiger partial charge is 0.326 e. The van der Waals surface area contributed by atoms with Gasteiger partial charge in [-0.25, -0.2) is 9.78 Å². The van der Waals surface area contributed by atoms with Gasteiger partial charge < -0.3 is 10.4 Å². The monoisotopic (exact) mass is 337 g/mol. The predicted molar refractivity (Wildman–Crippen MR) is 88.1 cm³/mol. The predicted octanol–water partition coefficient (Wildman–Crippen LogP) is 1.59. The minimum atomic E-state index is -1.07. The standard InChI is InChI=1S/C15H19N3O4S/c1-5-6-9(15(21)22)17-12(19)11-7(2)10-13(23-11)16-8(3)18(4)14(10)20/h9H,5-6H2,1-4H3,(H,17,19)(H,21,22). The van der Waals surface area contributed by atoms with Gasteiger partial charge in [0, 0.05) is 7.05 Å². The van der Waals surface area contributed by atoms with Crippen LogP contribution in [-0.4, -0.2) is 32.6 Å². The maximum absolute atomic E-state index is 12.4. The Bertz CT molecular complexity index is 837. The van der Waals surface area contributed by atoms with E-state index in [0.717, 1.165) is 11.3 Å².